The molecule has 3 nitrogen and oxygen atoms in total. The van der Waals surface area contributed by atoms with E-state index in [9.17, 15) is 4.79 Å². The van der Waals surface area contributed by atoms with Gasteiger partial charge in [0.2, 0.25) is 0 Å². The number of carbonyl (C=O) groups is 1. The maximum absolute atomic E-state index is 14.2. The summed E-state index contributed by atoms with van der Waals surface area (Å²) < 4.78 is 0. The Bertz CT molecular complexity index is 1180. The van der Waals surface area contributed by atoms with Crippen molar-refractivity contribution in [2.24, 2.45) is 4.99 Å². The number of aliphatic imine (C=N–C) groups is 1. The molecule has 2 heterocycles. The van der Waals surface area contributed by atoms with Crippen molar-refractivity contribution in [3.63, 3.8) is 0 Å². The van der Waals surface area contributed by atoms with Crippen LogP contribution < -0.4 is 0 Å². The van der Waals surface area contributed by atoms with Gasteiger partial charge in [-0.05, 0) is 35.4 Å². The quantitative estimate of drug-likeness (QED) is 0.414. The van der Waals surface area contributed by atoms with Gasteiger partial charge in [0.15, 0.2) is 5.78 Å². The van der Waals surface area contributed by atoms with Crippen molar-refractivity contribution in [2.75, 3.05) is 0 Å². The molecule has 0 saturated carbocycles. The maximum Gasteiger partial charge on any atom is 0.186 e. The SMILES string of the molecule is O=C1c2ccccc2N=C(Sc2ccncc2)C1(c1ccccc1)c1ccccc1. The first kappa shape index (κ1) is 18.5. The summed E-state index contributed by atoms with van der Waals surface area (Å²) in [6.45, 7) is 0. The van der Waals surface area contributed by atoms with Crippen LogP contribution in [0.25, 0.3) is 0 Å². The Labute approximate surface area is 179 Å². The molecule has 144 valence electrons. The molecule has 5 rings (SSSR count). The van der Waals surface area contributed by atoms with Crippen molar-refractivity contribution >= 4 is 28.3 Å². The first-order valence-electron chi connectivity index (χ1n) is 9.72. The number of hydrogen-bond donors (Lipinski definition) is 0. The molecule has 1 aromatic heterocycles. The minimum atomic E-state index is -1.01. The van der Waals surface area contributed by atoms with Gasteiger partial charge in [-0.1, -0.05) is 84.6 Å². The molecule has 30 heavy (non-hydrogen) atoms. The monoisotopic (exact) mass is 406 g/mol. The first-order chi connectivity index (χ1) is 14.8. The van der Waals surface area contributed by atoms with Crippen LogP contribution in [0.15, 0.2) is 119 Å². The van der Waals surface area contributed by atoms with E-state index < -0.39 is 5.41 Å². The van der Waals surface area contributed by atoms with Crippen LogP contribution in [0.3, 0.4) is 0 Å². The van der Waals surface area contributed by atoms with Gasteiger partial charge in [-0.15, -0.1) is 0 Å². The van der Waals surface area contributed by atoms with Gasteiger partial charge in [0, 0.05) is 22.9 Å². The highest BCUT2D eigenvalue weighted by Gasteiger charge is 2.50. The van der Waals surface area contributed by atoms with Crippen LogP contribution >= 0.6 is 11.8 Å². The van der Waals surface area contributed by atoms with Crippen LogP contribution in [0.1, 0.15) is 21.5 Å². The van der Waals surface area contributed by atoms with Crippen LogP contribution in [0, 0.1) is 0 Å². The lowest BCUT2D eigenvalue weighted by Gasteiger charge is -2.37. The molecule has 0 unspecified atom stereocenters. The summed E-state index contributed by atoms with van der Waals surface area (Å²) >= 11 is 1.52. The molecule has 0 saturated heterocycles. The second-order valence-corrected chi connectivity index (χ2v) is 8.09. The van der Waals surface area contributed by atoms with E-state index in [0.717, 1.165) is 21.1 Å². The van der Waals surface area contributed by atoms with E-state index in [4.69, 9.17) is 4.99 Å². The molecule has 0 spiro atoms. The Balaban J connectivity index is 1.83. The molecule has 0 N–H and O–H groups in total. The lowest BCUT2D eigenvalue weighted by molar-refractivity contribution is 0.0949. The summed E-state index contributed by atoms with van der Waals surface area (Å²) in [5.74, 6) is 0.0436. The summed E-state index contributed by atoms with van der Waals surface area (Å²) in [7, 11) is 0. The summed E-state index contributed by atoms with van der Waals surface area (Å²) in [5.41, 5.74) is 2.17. The molecule has 0 amide bonds. The number of benzene rings is 3. The van der Waals surface area contributed by atoms with Crippen LogP contribution in [-0.4, -0.2) is 15.8 Å². The van der Waals surface area contributed by atoms with Gasteiger partial charge in [-0.2, -0.15) is 0 Å². The molecule has 0 atom stereocenters. The van der Waals surface area contributed by atoms with Gasteiger partial charge >= 0.3 is 0 Å². The number of hydrogen-bond acceptors (Lipinski definition) is 4. The number of aromatic nitrogens is 1. The van der Waals surface area contributed by atoms with E-state index in [1.807, 2.05) is 97.1 Å². The van der Waals surface area contributed by atoms with E-state index in [1.165, 1.54) is 11.8 Å². The third kappa shape index (κ3) is 2.97. The fourth-order valence-electron chi connectivity index (χ4n) is 3.92. The maximum atomic E-state index is 14.2. The highest BCUT2D eigenvalue weighted by molar-refractivity contribution is 8.14. The summed E-state index contributed by atoms with van der Waals surface area (Å²) in [4.78, 5) is 24.4. The predicted molar refractivity (Wildman–Crippen MR) is 122 cm³/mol. The average molecular weight is 407 g/mol. The molecular formula is C26H18N2OS. The smallest absolute Gasteiger partial charge is 0.186 e. The van der Waals surface area contributed by atoms with Gasteiger partial charge in [-0.25, -0.2) is 4.99 Å². The number of thioether (sulfide) groups is 1. The number of ketones is 1. The van der Waals surface area contributed by atoms with Gasteiger partial charge in [-0.3, -0.25) is 9.78 Å². The van der Waals surface area contributed by atoms with Gasteiger partial charge in [0.1, 0.15) is 10.5 Å². The fraction of sp³-hybridized carbons (Fsp3) is 0.0385. The third-order valence-corrected chi connectivity index (χ3v) is 6.41. The van der Waals surface area contributed by atoms with E-state index in [2.05, 4.69) is 4.98 Å². The molecule has 4 aromatic rings. The lowest BCUT2D eigenvalue weighted by Crippen LogP contribution is -2.45. The second-order valence-electron chi connectivity index (χ2n) is 7.03. The summed E-state index contributed by atoms with van der Waals surface area (Å²) in [5, 5.41) is 0.745. The molecule has 0 fully saturated rings. The zero-order valence-electron chi connectivity index (χ0n) is 16.1. The van der Waals surface area contributed by atoms with Crippen molar-refractivity contribution in [2.45, 2.75) is 10.3 Å². The highest BCUT2D eigenvalue weighted by Crippen LogP contribution is 2.47. The van der Waals surface area contributed by atoms with Gasteiger partial charge in [0.25, 0.3) is 0 Å². The molecule has 1 aliphatic heterocycles. The Kier molecular flexibility index (Phi) is 4.77. The van der Waals surface area contributed by atoms with E-state index in [1.54, 1.807) is 12.4 Å². The van der Waals surface area contributed by atoms with Crippen LogP contribution in [0.4, 0.5) is 5.69 Å². The number of fused-ring (bicyclic) bond motifs is 1. The van der Waals surface area contributed by atoms with Crippen LogP contribution in [0.5, 0.6) is 0 Å². The molecule has 3 aromatic carbocycles. The standard InChI is InChI=1S/C26H18N2OS/c29-24-22-13-7-8-14-23(22)28-25(30-21-15-17-27-18-16-21)26(24,19-9-3-1-4-10-19)20-11-5-2-6-12-20/h1-18H. The summed E-state index contributed by atoms with van der Waals surface area (Å²) in [6, 6.07) is 31.4. The van der Waals surface area contributed by atoms with Crippen molar-refractivity contribution in [3.8, 4) is 0 Å². The van der Waals surface area contributed by atoms with E-state index in [0.29, 0.717) is 11.3 Å². The molecule has 0 radical (unpaired) electrons. The third-order valence-electron chi connectivity index (χ3n) is 5.31. The average Bonchev–Trinajstić information content (AvgIpc) is 2.81. The minimum Gasteiger partial charge on any atom is -0.292 e. The minimum absolute atomic E-state index is 0.0436. The van der Waals surface area contributed by atoms with Crippen LogP contribution in [0.2, 0.25) is 0 Å². The fourth-order valence-corrected chi connectivity index (χ4v) is 5.03. The lowest BCUT2D eigenvalue weighted by atomic mass is 9.68. The zero-order valence-corrected chi connectivity index (χ0v) is 16.9. The Morgan fingerprint density at radius 3 is 1.87 bits per heavy atom. The molecule has 0 bridgehead atoms. The van der Waals surface area contributed by atoms with Crippen molar-refractivity contribution in [3.05, 3.63) is 126 Å². The molecular weight excluding hydrogens is 388 g/mol. The van der Waals surface area contributed by atoms with Crippen molar-refractivity contribution < 1.29 is 4.79 Å². The number of rotatable bonds is 3. The molecule has 0 aliphatic carbocycles. The number of carbonyl (C=O) groups excluding carboxylic acids is 1. The molecule has 4 heteroatoms. The normalized spacial score (nSPS) is 14.7. The molecule has 1 aliphatic rings. The van der Waals surface area contributed by atoms with Gasteiger partial charge in [0.05, 0.1) is 5.69 Å². The highest BCUT2D eigenvalue weighted by atomic mass is 32.2. The largest absolute Gasteiger partial charge is 0.292 e. The Morgan fingerprint density at radius 1 is 0.667 bits per heavy atom. The Hall–Kier alpha value is -3.50. The Morgan fingerprint density at radius 2 is 1.23 bits per heavy atom. The van der Waals surface area contributed by atoms with Crippen molar-refractivity contribution in [1.29, 1.82) is 0 Å². The number of para-hydroxylation sites is 1. The first-order valence-corrected chi connectivity index (χ1v) is 10.5. The van der Waals surface area contributed by atoms with E-state index >= 15 is 0 Å². The van der Waals surface area contributed by atoms with Crippen molar-refractivity contribution in [1.82, 2.24) is 4.98 Å². The number of Topliss-reactive ketones (excluding diaryl/α,β-unsaturated/α-hetero) is 1. The second kappa shape index (κ2) is 7.73. The number of nitrogens with zero attached hydrogens (tertiary/aromatic N) is 2. The zero-order chi connectivity index (χ0) is 20.4. The number of pyridine rings is 1. The van der Waals surface area contributed by atoms with E-state index in [-0.39, 0.29) is 5.78 Å². The van der Waals surface area contributed by atoms with Gasteiger partial charge < -0.3 is 0 Å². The van der Waals surface area contributed by atoms with Crippen LogP contribution in [-0.2, 0) is 5.41 Å². The summed E-state index contributed by atoms with van der Waals surface area (Å²) in [6.07, 6.45) is 3.52. The topological polar surface area (TPSA) is 42.3 Å². The predicted octanol–water partition coefficient (Wildman–Crippen LogP) is 6.09.